The van der Waals surface area contributed by atoms with Gasteiger partial charge in [0.05, 0.1) is 12.0 Å². The fourth-order valence-electron chi connectivity index (χ4n) is 1.61. The molecule has 0 aromatic heterocycles. The lowest BCUT2D eigenvalue weighted by atomic mass is 9.86. The number of rotatable bonds is 1. The van der Waals surface area contributed by atoms with E-state index >= 15 is 0 Å². The van der Waals surface area contributed by atoms with E-state index in [-0.39, 0.29) is 17.9 Å². The first-order valence-corrected chi connectivity index (χ1v) is 4.55. The second kappa shape index (κ2) is 2.87. The van der Waals surface area contributed by atoms with Gasteiger partial charge in [-0.25, -0.2) is 0 Å². The van der Waals surface area contributed by atoms with Gasteiger partial charge in [0.1, 0.15) is 0 Å². The molecule has 1 N–H and O–H groups in total. The van der Waals surface area contributed by atoms with E-state index in [0.717, 1.165) is 0 Å². The molecule has 1 aromatic carbocycles. The van der Waals surface area contributed by atoms with Crippen LogP contribution in [0, 0.1) is 12.8 Å². The van der Waals surface area contributed by atoms with E-state index in [1.807, 2.05) is 6.92 Å². The van der Waals surface area contributed by atoms with E-state index in [9.17, 15) is 4.79 Å². The van der Waals surface area contributed by atoms with Crippen LogP contribution in [0.5, 0.6) is 0 Å². The van der Waals surface area contributed by atoms with Crippen molar-refractivity contribution in [2.24, 2.45) is 5.92 Å². The second-order valence-corrected chi connectivity index (χ2v) is 3.69. The number of hydrogen-bond donors (Lipinski definition) is 1. The van der Waals surface area contributed by atoms with E-state index in [1.54, 1.807) is 0 Å². The van der Waals surface area contributed by atoms with Gasteiger partial charge in [0.25, 0.3) is 0 Å². The number of carbonyl (C=O) groups is 1. The number of nitrogens with one attached hydrogen (secondary N) is 1. The van der Waals surface area contributed by atoms with Gasteiger partial charge >= 0.3 is 0 Å². The Morgan fingerprint density at radius 2 is 1.85 bits per heavy atom. The third kappa shape index (κ3) is 1.32. The largest absolute Gasteiger partial charge is 0.348 e. The summed E-state index contributed by atoms with van der Waals surface area (Å²) in [5.41, 5.74) is 2.46. The summed E-state index contributed by atoms with van der Waals surface area (Å²) in [6.45, 7) is 4.02. The molecule has 2 atom stereocenters. The highest BCUT2D eigenvalue weighted by atomic mass is 16.2. The molecule has 0 spiro atoms. The molecule has 0 bridgehead atoms. The van der Waals surface area contributed by atoms with Gasteiger partial charge in [0.2, 0.25) is 5.91 Å². The lowest BCUT2D eigenvalue weighted by Gasteiger charge is -2.34. The molecule has 13 heavy (non-hydrogen) atoms. The number of amides is 1. The molecular formula is C11H13NO. The molecule has 2 heteroatoms. The van der Waals surface area contributed by atoms with Crippen molar-refractivity contribution in [3.63, 3.8) is 0 Å². The van der Waals surface area contributed by atoms with Crippen molar-refractivity contribution < 1.29 is 4.79 Å². The van der Waals surface area contributed by atoms with Crippen LogP contribution >= 0.6 is 0 Å². The summed E-state index contributed by atoms with van der Waals surface area (Å²) in [5.74, 6) is 0.285. The Kier molecular flexibility index (Phi) is 1.83. The smallest absolute Gasteiger partial charge is 0.225 e. The highest BCUT2D eigenvalue weighted by Crippen LogP contribution is 2.29. The third-order valence-corrected chi connectivity index (χ3v) is 2.65. The molecule has 0 aliphatic carbocycles. The normalized spacial score (nSPS) is 26.5. The zero-order chi connectivity index (χ0) is 9.42. The summed E-state index contributed by atoms with van der Waals surface area (Å²) >= 11 is 0. The Morgan fingerprint density at radius 3 is 2.31 bits per heavy atom. The van der Waals surface area contributed by atoms with E-state index in [0.29, 0.717) is 0 Å². The van der Waals surface area contributed by atoms with Crippen LogP contribution in [-0.2, 0) is 4.79 Å². The van der Waals surface area contributed by atoms with Gasteiger partial charge in [0, 0.05) is 0 Å². The molecular weight excluding hydrogens is 162 g/mol. The average molecular weight is 175 g/mol. The molecule has 1 aromatic rings. The second-order valence-electron chi connectivity index (χ2n) is 3.69. The van der Waals surface area contributed by atoms with Crippen LogP contribution in [0.15, 0.2) is 24.3 Å². The zero-order valence-corrected chi connectivity index (χ0v) is 7.87. The fourth-order valence-corrected chi connectivity index (χ4v) is 1.61. The van der Waals surface area contributed by atoms with E-state index in [2.05, 4.69) is 36.5 Å². The number of carbonyl (C=O) groups excluding carboxylic acids is 1. The summed E-state index contributed by atoms with van der Waals surface area (Å²) in [5, 5.41) is 2.89. The molecule has 2 unspecified atom stereocenters. The third-order valence-electron chi connectivity index (χ3n) is 2.65. The topological polar surface area (TPSA) is 29.1 Å². The van der Waals surface area contributed by atoms with Crippen molar-refractivity contribution in [2.75, 3.05) is 0 Å². The van der Waals surface area contributed by atoms with Crippen LogP contribution in [0.2, 0.25) is 0 Å². The Bertz CT molecular complexity index is 328. The fraction of sp³-hybridized carbons (Fsp3) is 0.364. The predicted octanol–water partition coefficient (Wildman–Crippen LogP) is 1.80. The molecule has 2 rings (SSSR count). The first-order chi connectivity index (χ1) is 6.18. The molecule has 1 heterocycles. The van der Waals surface area contributed by atoms with Gasteiger partial charge in [-0.1, -0.05) is 36.8 Å². The standard InChI is InChI=1S/C11H13NO/c1-7-3-5-9(6-4-7)10-8(2)11(13)12-10/h3-6,8,10H,1-2H3,(H,12,13). The molecule has 68 valence electrons. The van der Waals surface area contributed by atoms with Crippen molar-refractivity contribution in [3.8, 4) is 0 Å². The molecule has 1 aliphatic rings. The van der Waals surface area contributed by atoms with Crippen LogP contribution in [0.25, 0.3) is 0 Å². The average Bonchev–Trinajstić information content (AvgIpc) is 2.15. The summed E-state index contributed by atoms with van der Waals surface area (Å²) in [7, 11) is 0. The first kappa shape index (κ1) is 8.30. The summed E-state index contributed by atoms with van der Waals surface area (Å²) in [6.07, 6.45) is 0. The Hall–Kier alpha value is -1.31. The quantitative estimate of drug-likeness (QED) is 0.648. The van der Waals surface area contributed by atoms with Gasteiger partial charge in [0.15, 0.2) is 0 Å². The van der Waals surface area contributed by atoms with Gasteiger partial charge in [-0.15, -0.1) is 0 Å². The molecule has 1 saturated heterocycles. The van der Waals surface area contributed by atoms with Crippen molar-refractivity contribution in [1.29, 1.82) is 0 Å². The predicted molar refractivity (Wildman–Crippen MR) is 51.2 cm³/mol. The summed E-state index contributed by atoms with van der Waals surface area (Å²) in [6, 6.07) is 8.54. The minimum atomic E-state index is 0.128. The molecule has 1 fully saturated rings. The molecule has 1 aliphatic heterocycles. The van der Waals surface area contributed by atoms with Gasteiger partial charge < -0.3 is 5.32 Å². The maximum Gasteiger partial charge on any atom is 0.225 e. The van der Waals surface area contributed by atoms with Crippen LogP contribution in [0.1, 0.15) is 24.1 Å². The maximum atomic E-state index is 11.0. The molecule has 2 nitrogen and oxygen atoms in total. The summed E-state index contributed by atoms with van der Waals surface area (Å²) < 4.78 is 0. The molecule has 0 saturated carbocycles. The minimum absolute atomic E-state index is 0.128. The maximum absolute atomic E-state index is 11.0. The van der Waals surface area contributed by atoms with Gasteiger partial charge in [-0.3, -0.25) is 4.79 Å². The van der Waals surface area contributed by atoms with Crippen molar-refractivity contribution >= 4 is 5.91 Å². The highest BCUT2D eigenvalue weighted by Gasteiger charge is 2.35. The van der Waals surface area contributed by atoms with E-state index in [1.165, 1.54) is 11.1 Å². The van der Waals surface area contributed by atoms with E-state index in [4.69, 9.17) is 0 Å². The Balaban J connectivity index is 2.18. The van der Waals surface area contributed by atoms with Crippen LogP contribution in [0.4, 0.5) is 0 Å². The number of benzene rings is 1. The van der Waals surface area contributed by atoms with Crippen LogP contribution in [0.3, 0.4) is 0 Å². The first-order valence-electron chi connectivity index (χ1n) is 4.55. The number of β-lactam (4-membered cyclic amide) rings is 1. The van der Waals surface area contributed by atoms with Crippen LogP contribution in [-0.4, -0.2) is 5.91 Å². The number of hydrogen-bond acceptors (Lipinski definition) is 1. The van der Waals surface area contributed by atoms with Crippen molar-refractivity contribution in [1.82, 2.24) is 5.32 Å². The summed E-state index contributed by atoms with van der Waals surface area (Å²) in [4.78, 5) is 11.0. The highest BCUT2D eigenvalue weighted by molar-refractivity contribution is 5.85. The lowest BCUT2D eigenvalue weighted by Crippen LogP contribution is -2.49. The molecule has 1 amide bonds. The minimum Gasteiger partial charge on any atom is -0.348 e. The Labute approximate surface area is 78.0 Å². The monoisotopic (exact) mass is 175 g/mol. The Morgan fingerprint density at radius 1 is 1.23 bits per heavy atom. The van der Waals surface area contributed by atoms with Crippen molar-refractivity contribution in [2.45, 2.75) is 19.9 Å². The van der Waals surface area contributed by atoms with Crippen LogP contribution < -0.4 is 5.32 Å². The van der Waals surface area contributed by atoms with Gasteiger partial charge in [-0.2, -0.15) is 0 Å². The van der Waals surface area contributed by atoms with E-state index < -0.39 is 0 Å². The van der Waals surface area contributed by atoms with Crippen molar-refractivity contribution in [3.05, 3.63) is 35.4 Å². The SMILES string of the molecule is Cc1ccc(C2NC(=O)C2C)cc1. The number of aryl methyl sites for hydroxylation is 1. The zero-order valence-electron chi connectivity index (χ0n) is 7.87. The van der Waals surface area contributed by atoms with Gasteiger partial charge in [-0.05, 0) is 12.5 Å². The molecule has 0 radical (unpaired) electrons. The lowest BCUT2D eigenvalue weighted by molar-refractivity contribution is -0.134.